The molecule has 1 aromatic heterocycles. The number of halogens is 1. The Morgan fingerprint density at radius 3 is 3.00 bits per heavy atom. The van der Waals surface area contributed by atoms with Crippen molar-refractivity contribution in [2.45, 2.75) is 45.2 Å². The Morgan fingerprint density at radius 2 is 2.25 bits per heavy atom. The van der Waals surface area contributed by atoms with Gasteiger partial charge < -0.3 is 15.4 Å². The lowest BCUT2D eigenvalue weighted by molar-refractivity contribution is 0.413. The zero-order valence-electron chi connectivity index (χ0n) is 14.3. The van der Waals surface area contributed by atoms with Crippen LogP contribution in [0.2, 0.25) is 5.02 Å². The third-order valence-electron chi connectivity index (χ3n) is 4.55. The summed E-state index contributed by atoms with van der Waals surface area (Å²) in [5.74, 6) is 1.58. The topological polar surface area (TPSA) is 59.1 Å². The number of anilines is 2. The second-order valence-corrected chi connectivity index (χ2v) is 6.43. The molecular formula is C18H23ClN4O. The van der Waals surface area contributed by atoms with Gasteiger partial charge in [-0.3, -0.25) is 0 Å². The molecule has 2 aromatic rings. The number of hydrogen-bond acceptors (Lipinski definition) is 5. The fourth-order valence-electron chi connectivity index (χ4n) is 3.13. The number of benzene rings is 1. The molecule has 0 radical (unpaired) electrons. The number of para-hydroxylation sites is 1. The van der Waals surface area contributed by atoms with E-state index in [0.29, 0.717) is 10.8 Å². The van der Waals surface area contributed by atoms with Gasteiger partial charge in [0.2, 0.25) is 0 Å². The predicted molar refractivity (Wildman–Crippen MR) is 98.2 cm³/mol. The summed E-state index contributed by atoms with van der Waals surface area (Å²) >= 11 is 6.39. The average Bonchev–Trinajstić information content (AvgIpc) is 2.62. The van der Waals surface area contributed by atoms with E-state index in [1.54, 1.807) is 13.4 Å². The van der Waals surface area contributed by atoms with Gasteiger partial charge in [-0.2, -0.15) is 0 Å². The van der Waals surface area contributed by atoms with E-state index in [1.807, 2.05) is 19.1 Å². The summed E-state index contributed by atoms with van der Waals surface area (Å²) in [5.41, 5.74) is 3.25. The van der Waals surface area contributed by atoms with Gasteiger partial charge >= 0.3 is 0 Å². The van der Waals surface area contributed by atoms with Gasteiger partial charge in [0.15, 0.2) is 0 Å². The lowest BCUT2D eigenvalue weighted by Gasteiger charge is -2.33. The number of methoxy groups -OCH3 is 1. The summed E-state index contributed by atoms with van der Waals surface area (Å²) < 4.78 is 5.48. The molecule has 3 rings (SSSR count). The Kier molecular flexibility index (Phi) is 5.09. The van der Waals surface area contributed by atoms with Crippen LogP contribution in [0.25, 0.3) is 0 Å². The highest BCUT2D eigenvalue weighted by Gasteiger charge is 2.25. The highest BCUT2D eigenvalue weighted by atomic mass is 35.5. The third-order valence-corrected chi connectivity index (χ3v) is 4.95. The molecule has 0 spiro atoms. The molecule has 128 valence electrons. The fourth-order valence-corrected chi connectivity index (χ4v) is 3.42. The van der Waals surface area contributed by atoms with Crippen molar-refractivity contribution in [2.75, 3.05) is 17.7 Å². The van der Waals surface area contributed by atoms with Crippen LogP contribution >= 0.6 is 11.6 Å². The third kappa shape index (κ3) is 3.26. The molecule has 1 aliphatic heterocycles. The van der Waals surface area contributed by atoms with Crippen molar-refractivity contribution in [3.05, 3.63) is 40.8 Å². The van der Waals surface area contributed by atoms with Crippen LogP contribution in [0, 0.1) is 0 Å². The Balaban J connectivity index is 1.76. The van der Waals surface area contributed by atoms with E-state index in [1.165, 1.54) is 5.56 Å². The van der Waals surface area contributed by atoms with Crippen molar-refractivity contribution >= 4 is 23.1 Å². The number of nitrogens with zero attached hydrogens (tertiary/aromatic N) is 2. The minimum absolute atomic E-state index is 0.167. The summed E-state index contributed by atoms with van der Waals surface area (Å²) in [6.07, 6.45) is 4.41. The van der Waals surface area contributed by atoms with Crippen molar-refractivity contribution in [3.8, 4) is 5.75 Å². The quantitative estimate of drug-likeness (QED) is 0.859. The molecule has 5 nitrogen and oxygen atoms in total. The maximum atomic E-state index is 6.39. The fraction of sp³-hybridized carbons (Fsp3) is 0.444. The van der Waals surface area contributed by atoms with Crippen LogP contribution in [0.15, 0.2) is 24.5 Å². The zero-order valence-corrected chi connectivity index (χ0v) is 15.0. The van der Waals surface area contributed by atoms with Crippen LogP contribution in [-0.4, -0.2) is 29.2 Å². The number of rotatable bonds is 5. The molecule has 0 fully saturated rings. The van der Waals surface area contributed by atoms with Crippen LogP contribution in [0.3, 0.4) is 0 Å². The van der Waals surface area contributed by atoms with Gasteiger partial charge in [-0.15, -0.1) is 0 Å². The van der Waals surface area contributed by atoms with Crippen LogP contribution in [0.5, 0.6) is 5.75 Å². The first-order valence-corrected chi connectivity index (χ1v) is 8.70. The molecule has 2 unspecified atom stereocenters. The minimum atomic E-state index is 0.167. The van der Waals surface area contributed by atoms with Gasteiger partial charge in [0.25, 0.3) is 0 Å². The highest BCUT2D eigenvalue weighted by molar-refractivity contribution is 6.33. The van der Waals surface area contributed by atoms with E-state index in [9.17, 15) is 0 Å². The molecule has 0 aliphatic carbocycles. The monoisotopic (exact) mass is 346 g/mol. The van der Waals surface area contributed by atoms with Gasteiger partial charge in [0.1, 0.15) is 22.9 Å². The Bertz CT molecular complexity index is 708. The SMILES string of the molecule is CCc1ncnc(NC(C)C2CCc3cccc(OC)c3N2)c1Cl. The molecule has 0 saturated carbocycles. The number of aryl methyl sites for hydroxylation is 2. The van der Waals surface area contributed by atoms with Crippen molar-refractivity contribution in [3.63, 3.8) is 0 Å². The van der Waals surface area contributed by atoms with Gasteiger partial charge in [0.05, 0.1) is 18.5 Å². The summed E-state index contributed by atoms with van der Waals surface area (Å²) in [5, 5.41) is 7.66. The maximum Gasteiger partial charge on any atom is 0.148 e. The smallest absolute Gasteiger partial charge is 0.148 e. The molecule has 0 amide bonds. The van der Waals surface area contributed by atoms with Gasteiger partial charge in [-0.1, -0.05) is 30.7 Å². The van der Waals surface area contributed by atoms with Gasteiger partial charge in [-0.25, -0.2) is 9.97 Å². The molecule has 0 saturated heterocycles. The van der Waals surface area contributed by atoms with Crippen molar-refractivity contribution < 1.29 is 4.74 Å². The average molecular weight is 347 g/mol. The van der Waals surface area contributed by atoms with Crippen LogP contribution < -0.4 is 15.4 Å². The number of aromatic nitrogens is 2. The number of hydrogen-bond donors (Lipinski definition) is 2. The summed E-state index contributed by atoms with van der Waals surface area (Å²) in [4.78, 5) is 8.51. The Hall–Kier alpha value is -2.01. The summed E-state index contributed by atoms with van der Waals surface area (Å²) in [6.45, 7) is 4.18. The van der Waals surface area contributed by atoms with Crippen LogP contribution in [-0.2, 0) is 12.8 Å². The van der Waals surface area contributed by atoms with Gasteiger partial charge in [0, 0.05) is 12.1 Å². The van der Waals surface area contributed by atoms with Gasteiger partial charge in [-0.05, 0) is 37.8 Å². The molecule has 2 atom stereocenters. The molecule has 0 bridgehead atoms. The molecule has 24 heavy (non-hydrogen) atoms. The molecule has 2 N–H and O–H groups in total. The van der Waals surface area contributed by atoms with E-state index in [4.69, 9.17) is 16.3 Å². The minimum Gasteiger partial charge on any atom is -0.495 e. The Morgan fingerprint density at radius 1 is 1.42 bits per heavy atom. The van der Waals surface area contributed by atoms with E-state index < -0.39 is 0 Å². The highest BCUT2D eigenvalue weighted by Crippen LogP contribution is 2.35. The predicted octanol–water partition coefficient (Wildman–Crippen LogP) is 3.93. The van der Waals surface area contributed by atoms with E-state index in [0.717, 1.165) is 36.4 Å². The first-order chi connectivity index (χ1) is 11.6. The van der Waals surface area contributed by atoms with E-state index in [2.05, 4.69) is 33.6 Å². The standard InChI is InChI=1S/C18H23ClN4O/c1-4-13-16(19)18(21-10-20-13)22-11(2)14-9-8-12-6-5-7-15(24-3)17(12)23-14/h5-7,10-11,14,23H,4,8-9H2,1-3H3,(H,20,21,22). The largest absolute Gasteiger partial charge is 0.495 e. The van der Waals surface area contributed by atoms with Crippen LogP contribution in [0.1, 0.15) is 31.5 Å². The maximum absolute atomic E-state index is 6.39. The van der Waals surface area contributed by atoms with E-state index in [-0.39, 0.29) is 12.1 Å². The lowest BCUT2D eigenvalue weighted by atomic mass is 9.94. The summed E-state index contributed by atoms with van der Waals surface area (Å²) in [7, 11) is 1.70. The molecule has 6 heteroatoms. The molecular weight excluding hydrogens is 324 g/mol. The van der Waals surface area contributed by atoms with Crippen molar-refractivity contribution in [2.24, 2.45) is 0 Å². The summed E-state index contributed by atoms with van der Waals surface area (Å²) in [6, 6.07) is 6.61. The second kappa shape index (κ2) is 7.26. The molecule has 1 aromatic carbocycles. The van der Waals surface area contributed by atoms with Crippen LogP contribution in [0.4, 0.5) is 11.5 Å². The number of ether oxygens (including phenoxy) is 1. The lowest BCUT2D eigenvalue weighted by Crippen LogP contribution is -2.40. The molecule has 2 heterocycles. The second-order valence-electron chi connectivity index (χ2n) is 6.05. The number of fused-ring (bicyclic) bond motifs is 1. The molecule has 1 aliphatic rings. The first kappa shape index (κ1) is 16.8. The number of nitrogens with one attached hydrogen (secondary N) is 2. The zero-order chi connectivity index (χ0) is 17.1. The van der Waals surface area contributed by atoms with Crippen molar-refractivity contribution in [1.29, 1.82) is 0 Å². The normalized spacial score (nSPS) is 17.6. The van der Waals surface area contributed by atoms with Crippen molar-refractivity contribution in [1.82, 2.24) is 9.97 Å². The first-order valence-electron chi connectivity index (χ1n) is 8.32. The van der Waals surface area contributed by atoms with E-state index >= 15 is 0 Å². The Labute approximate surface area is 147 Å².